The lowest BCUT2D eigenvalue weighted by Crippen LogP contribution is -2.37. The molecule has 1 aromatic carbocycles. The molecule has 2 atom stereocenters. The maximum Gasteiger partial charge on any atom is 0.0362 e. The Kier molecular flexibility index (Phi) is 5.21. The van der Waals surface area contributed by atoms with Crippen LogP contribution in [0.5, 0.6) is 0 Å². The van der Waals surface area contributed by atoms with Crippen LogP contribution in [0.1, 0.15) is 50.6 Å². The summed E-state index contributed by atoms with van der Waals surface area (Å²) in [4.78, 5) is 2.68. The average molecular weight is 246 g/mol. The summed E-state index contributed by atoms with van der Waals surface area (Å²) in [5.41, 5.74) is 7.26. The summed E-state index contributed by atoms with van der Waals surface area (Å²) in [7, 11) is 0. The van der Waals surface area contributed by atoms with E-state index < -0.39 is 0 Å². The Morgan fingerprint density at radius 1 is 1.22 bits per heavy atom. The van der Waals surface area contributed by atoms with Gasteiger partial charge >= 0.3 is 0 Å². The van der Waals surface area contributed by atoms with E-state index in [-0.39, 0.29) is 0 Å². The summed E-state index contributed by atoms with van der Waals surface area (Å²) in [5.74, 6) is 0. The zero-order chi connectivity index (χ0) is 12.8. The van der Waals surface area contributed by atoms with E-state index in [4.69, 9.17) is 5.73 Å². The summed E-state index contributed by atoms with van der Waals surface area (Å²) in [6.45, 7) is 4.36. The molecule has 0 saturated carbocycles. The van der Waals surface area contributed by atoms with E-state index in [1.807, 2.05) is 0 Å². The molecule has 0 aliphatic carbocycles. The lowest BCUT2D eigenvalue weighted by Gasteiger charge is -2.35. The Bertz CT molecular complexity index is 336. The summed E-state index contributed by atoms with van der Waals surface area (Å²) < 4.78 is 0. The first-order chi connectivity index (χ1) is 8.83. The van der Waals surface area contributed by atoms with Crippen molar-refractivity contribution in [2.24, 2.45) is 5.73 Å². The quantitative estimate of drug-likeness (QED) is 0.883. The number of rotatable bonds is 4. The molecule has 2 rings (SSSR count). The SMILES string of the molecule is CC1CCCCCN1C(CCN)c1ccccc1. The van der Waals surface area contributed by atoms with Gasteiger partial charge in [-0.2, -0.15) is 0 Å². The van der Waals surface area contributed by atoms with Gasteiger partial charge in [-0.05, 0) is 44.8 Å². The Hall–Kier alpha value is -0.860. The van der Waals surface area contributed by atoms with Gasteiger partial charge in [0.05, 0.1) is 0 Å². The average Bonchev–Trinajstić information content (AvgIpc) is 2.62. The van der Waals surface area contributed by atoms with Crippen molar-refractivity contribution >= 4 is 0 Å². The number of hydrogen-bond acceptors (Lipinski definition) is 2. The van der Waals surface area contributed by atoms with E-state index in [1.165, 1.54) is 37.8 Å². The zero-order valence-electron chi connectivity index (χ0n) is 11.5. The second-order valence-corrected chi connectivity index (χ2v) is 5.44. The summed E-state index contributed by atoms with van der Waals surface area (Å²) >= 11 is 0. The fourth-order valence-electron chi connectivity index (χ4n) is 3.12. The third kappa shape index (κ3) is 3.33. The van der Waals surface area contributed by atoms with Crippen LogP contribution < -0.4 is 5.73 Å². The molecule has 0 bridgehead atoms. The second-order valence-electron chi connectivity index (χ2n) is 5.44. The molecular weight excluding hydrogens is 220 g/mol. The van der Waals surface area contributed by atoms with Crippen LogP contribution >= 0.6 is 0 Å². The Labute approximate surface area is 111 Å². The molecule has 2 N–H and O–H groups in total. The van der Waals surface area contributed by atoms with Crippen molar-refractivity contribution in [1.82, 2.24) is 4.90 Å². The normalized spacial score (nSPS) is 23.6. The van der Waals surface area contributed by atoms with Crippen molar-refractivity contribution < 1.29 is 0 Å². The number of nitrogens with zero attached hydrogens (tertiary/aromatic N) is 1. The fourth-order valence-corrected chi connectivity index (χ4v) is 3.12. The van der Waals surface area contributed by atoms with Crippen molar-refractivity contribution in [2.45, 2.75) is 51.1 Å². The molecule has 2 heteroatoms. The van der Waals surface area contributed by atoms with Crippen molar-refractivity contribution in [3.63, 3.8) is 0 Å². The maximum atomic E-state index is 5.83. The molecule has 2 unspecified atom stereocenters. The molecule has 0 radical (unpaired) electrons. The van der Waals surface area contributed by atoms with Crippen LogP contribution in [-0.2, 0) is 0 Å². The van der Waals surface area contributed by atoms with E-state index in [9.17, 15) is 0 Å². The number of hydrogen-bond donors (Lipinski definition) is 1. The van der Waals surface area contributed by atoms with Crippen LogP contribution in [0.25, 0.3) is 0 Å². The first kappa shape index (κ1) is 13.6. The molecule has 1 fully saturated rings. The van der Waals surface area contributed by atoms with E-state index in [2.05, 4.69) is 42.2 Å². The van der Waals surface area contributed by atoms with Gasteiger partial charge < -0.3 is 5.73 Å². The lowest BCUT2D eigenvalue weighted by atomic mass is 9.99. The van der Waals surface area contributed by atoms with Gasteiger partial charge in [-0.1, -0.05) is 43.2 Å². The Balaban J connectivity index is 2.17. The van der Waals surface area contributed by atoms with E-state index >= 15 is 0 Å². The van der Waals surface area contributed by atoms with Crippen LogP contribution in [-0.4, -0.2) is 24.0 Å². The summed E-state index contributed by atoms with van der Waals surface area (Å²) in [6, 6.07) is 12.1. The monoisotopic (exact) mass is 246 g/mol. The van der Waals surface area contributed by atoms with Gasteiger partial charge in [0.1, 0.15) is 0 Å². The van der Waals surface area contributed by atoms with Gasteiger partial charge in [0.15, 0.2) is 0 Å². The molecular formula is C16H26N2. The predicted octanol–water partition coefficient (Wildman–Crippen LogP) is 3.34. The lowest BCUT2D eigenvalue weighted by molar-refractivity contribution is 0.140. The van der Waals surface area contributed by atoms with Crippen LogP contribution in [0.15, 0.2) is 30.3 Å². The Morgan fingerprint density at radius 2 is 2.00 bits per heavy atom. The number of nitrogens with two attached hydrogens (primary N) is 1. The second kappa shape index (κ2) is 6.91. The van der Waals surface area contributed by atoms with E-state index in [0.29, 0.717) is 12.1 Å². The van der Waals surface area contributed by atoms with Gasteiger partial charge in [-0.3, -0.25) is 4.90 Å². The molecule has 0 amide bonds. The minimum absolute atomic E-state index is 0.504. The zero-order valence-corrected chi connectivity index (χ0v) is 11.5. The van der Waals surface area contributed by atoms with Crippen LogP contribution in [0.3, 0.4) is 0 Å². The molecule has 1 aliphatic rings. The van der Waals surface area contributed by atoms with Crippen molar-refractivity contribution in [1.29, 1.82) is 0 Å². The maximum absolute atomic E-state index is 5.83. The summed E-state index contributed by atoms with van der Waals surface area (Å²) in [5, 5.41) is 0. The third-order valence-electron chi connectivity index (χ3n) is 4.13. The molecule has 0 spiro atoms. The summed E-state index contributed by atoms with van der Waals surface area (Å²) in [6.07, 6.45) is 6.48. The van der Waals surface area contributed by atoms with Crippen LogP contribution in [0.2, 0.25) is 0 Å². The van der Waals surface area contributed by atoms with Crippen LogP contribution in [0, 0.1) is 0 Å². The standard InChI is InChI=1S/C16H26N2/c1-14-8-4-3-7-13-18(14)16(11-12-17)15-9-5-2-6-10-15/h2,5-6,9-10,14,16H,3-4,7-8,11-13,17H2,1H3. The van der Waals surface area contributed by atoms with Gasteiger partial charge in [0.25, 0.3) is 0 Å². The largest absolute Gasteiger partial charge is 0.330 e. The van der Waals surface area contributed by atoms with E-state index in [1.54, 1.807) is 0 Å². The number of likely N-dealkylation sites (tertiary alicyclic amines) is 1. The minimum atomic E-state index is 0.504. The molecule has 1 saturated heterocycles. The minimum Gasteiger partial charge on any atom is -0.330 e. The first-order valence-corrected chi connectivity index (χ1v) is 7.33. The van der Waals surface area contributed by atoms with E-state index in [0.717, 1.165) is 13.0 Å². The molecule has 2 nitrogen and oxygen atoms in total. The molecule has 18 heavy (non-hydrogen) atoms. The van der Waals surface area contributed by atoms with Gasteiger partial charge in [0, 0.05) is 12.1 Å². The van der Waals surface area contributed by atoms with Crippen molar-refractivity contribution in [3.05, 3.63) is 35.9 Å². The van der Waals surface area contributed by atoms with Gasteiger partial charge in [0.2, 0.25) is 0 Å². The van der Waals surface area contributed by atoms with Gasteiger partial charge in [-0.15, -0.1) is 0 Å². The molecule has 1 heterocycles. The van der Waals surface area contributed by atoms with Crippen molar-refractivity contribution in [3.8, 4) is 0 Å². The Morgan fingerprint density at radius 3 is 2.72 bits per heavy atom. The third-order valence-corrected chi connectivity index (χ3v) is 4.13. The smallest absolute Gasteiger partial charge is 0.0362 e. The van der Waals surface area contributed by atoms with Gasteiger partial charge in [-0.25, -0.2) is 0 Å². The highest BCUT2D eigenvalue weighted by molar-refractivity contribution is 5.19. The molecule has 1 aromatic rings. The highest BCUT2D eigenvalue weighted by Crippen LogP contribution is 2.29. The predicted molar refractivity (Wildman–Crippen MR) is 77.5 cm³/mol. The molecule has 100 valence electrons. The topological polar surface area (TPSA) is 29.3 Å². The molecule has 0 aromatic heterocycles. The van der Waals surface area contributed by atoms with Crippen LogP contribution in [0.4, 0.5) is 0 Å². The first-order valence-electron chi connectivity index (χ1n) is 7.33. The van der Waals surface area contributed by atoms with Crippen molar-refractivity contribution in [2.75, 3.05) is 13.1 Å². The highest BCUT2D eigenvalue weighted by atomic mass is 15.2. The number of benzene rings is 1. The molecule has 1 aliphatic heterocycles. The highest BCUT2D eigenvalue weighted by Gasteiger charge is 2.25. The fraction of sp³-hybridized carbons (Fsp3) is 0.625.